The lowest BCUT2D eigenvalue weighted by Gasteiger charge is -2.15. The van der Waals surface area contributed by atoms with Crippen LogP contribution in [-0.4, -0.2) is 22.9 Å². The molecule has 0 unspecified atom stereocenters. The van der Waals surface area contributed by atoms with Crippen molar-refractivity contribution in [2.75, 3.05) is 6.61 Å². The Hall–Kier alpha value is -0.0800. The molecule has 2 atom stereocenters. The molecule has 0 bridgehead atoms. The molecule has 0 radical (unpaired) electrons. The fraction of sp³-hybridized carbons (Fsp3) is 1.00. The second kappa shape index (κ2) is 5.69. The number of unbranched alkanes of at least 4 members (excludes halogenated alkanes) is 1. The number of aliphatic hydroxyl groups excluding tert-OH is 2. The fourth-order valence-electron chi connectivity index (χ4n) is 0.819. The first-order chi connectivity index (χ1) is 4.72. The lowest BCUT2D eigenvalue weighted by atomic mass is 10.0. The van der Waals surface area contributed by atoms with Gasteiger partial charge in [0, 0.05) is 12.5 Å². The molecule has 0 saturated heterocycles. The SMILES string of the molecule is CCCC[C@H](O)[C@H](C)CO. The van der Waals surface area contributed by atoms with E-state index in [4.69, 9.17) is 5.11 Å². The molecule has 0 saturated carbocycles. The summed E-state index contributed by atoms with van der Waals surface area (Å²) in [6.07, 6.45) is 2.66. The molecule has 0 aromatic carbocycles. The molecule has 2 heteroatoms. The zero-order chi connectivity index (χ0) is 7.98. The van der Waals surface area contributed by atoms with Crippen LogP contribution < -0.4 is 0 Å². The summed E-state index contributed by atoms with van der Waals surface area (Å²) in [6.45, 7) is 4.04. The molecule has 0 amide bonds. The number of hydrogen-bond donors (Lipinski definition) is 2. The molecular weight excluding hydrogens is 128 g/mol. The maximum absolute atomic E-state index is 9.29. The molecule has 0 aliphatic rings. The van der Waals surface area contributed by atoms with Crippen molar-refractivity contribution in [1.29, 1.82) is 0 Å². The maximum Gasteiger partial charge on any atom is 0.0587 e. The number of aliphatic hydroxyl groups is 2. The van der Waals surface area contributed by atoms with Gasteiger partial charge in [-0.15, -0.1) is 0 Å². The van der Waals surface area contributed by atoms with Crippen molar-refractivity contribution in [1.82, 2.24) is 0 Å². The quantitative estimate of drug-likeness (QED) is 0.611. The summed E-state index contributed by atoms with van der Waals surface area (Å²) in [5.41, 5.74) is 0. The topological polar surface area (TPSA) is 40.5 Å². The van der Waals surface area contributed by atoms with E-state index in [1.54, 1.807) is 0 Å². The Labute approximate surface area is 62.9 Å². The standard InChI is InChI=1S/C8H18O2/c1-3-4-5-8(10)7(2)6-9/h7-10H,3-6H2,1-2H3/t7-,8+/m1/s1. The van der Waals surface area contributed by atoms with E-state index in [2.05, 4.69) is 6.92 Å². The van der Waals surface area contributed by atoms with Crippen LogP contribution in [-0.2, 0) is 0 Å². The van der Waals surface area contributed by atoms with Gasteiger partial charge in [0.1, 0.15) is 0 Å². The van der Waals surface area contributed by atoms with E-state index in [1.165, 1.54) is 0 Å². The van der Waals surface area contributed by atoms with Crippen molar-refractivity contribution >= 4 is 0 Å². The lowest BCUT2D eigenvalue weighted by molar-refractivity contribution is 0.0689. The minimum atomic E-state index is -0.315. The van der Waals surface area contributed by atoms with Crippen LogP contribution in [0.2, 0.25) is 0 Å². The third-order valence-corrected chi connectivity index (χ3v) is 1.80. The molecule has 2 nitrogen and oxygen atoms in total. The second-order valence-corrected chi connectivity index (χ2v) is 2.87. The van der Waals surface area contributed by atoms with Gasteiger partial charge in [-0.1, -0.05) is 26.7 Å². The first-order valence-corrected chi connectivity index (χ1v) is 4.01. The highest BCUT2D eigenvalue weighted by Gasteiger charge is 2.11. The first kappa shape index (κ1) is 9.92. The fourth-order valence-corrected chi connectivity index (χ4v) is 0.819. The summed E-state index contributed by atoms with van der Waals surface area (Å²) in [6, 6.07) is 0. The Morgan fingerprint density at radius 2 is 2.00 bits per heavy atom. The smallest absolute Gasteiger partial charge is 0.0587 e. The Bertz CT molecular complexity index is 73.7. The van der Waals surface area contributed by atoms with Crippen LogP contribution in [0.15, 0.2) is 0 Å². The zero-order valence-corrected chi connectivity index (χ0v) is 6.88. The van der Waals surface area contributed by atoms with Gasteiger partial charge in [-0.3, -0.25) is 0 Å². The van der Waals surface area contributed by atoms with Crippen molar-refractivity contribution in [3.8, 4) is 0 Å². The van der Waals surface area contributed by atoms with Crippen LogP contribution >= 0.6 is 0 Å². The van der Waals surface area contributed by atoms with Crippen molar-refractivity contribution < 1.29 is 10.2 Å². The van der Waals surface area contributed by atoms with Crippen LogP contribution in [0.25, 0.3) is 0 Å². The van der Waals surface area contributed by atoms with Crippen molar-refractivity contribution in [2.45, 2.75) is 39.2 Å². The molecule has 10 heavy (non-hydrogen) atoms. The Kier molecular flexibility index (Phi) is 5.64. The third-order valence-electron chi connectivity index (χ3n) is 1.80. The molecule has 0 spiro atoms. The summed E-state index contributed by atoms with van der Waals surface area (Å²) >= 11 is 0. The molecule has 0 fully saturated rings. The van der Waals surface area contributed by atoms with Gasteiger partial charge in [0.05, 0.1) is 6.10 Å². The average molecular weight is 146 g/mol. The number of hydrogen-bond acceptors (Lipinski definition) is 2. The molecule has 0 aliphatic heterocycles. The molecule has 0 aromatic rings. The van der Waals surface area contributed by atoms with Gasteiger partial charge in [0.15, 0.2) is 0 Å². The van der Waals surface area contributed by atoms with E-state index < -0.39 is 0 Å². The molecule has 0 aliphatic carbocycles. The van der Waals surface area contributed by atoms with Gasteiger partial charge in [0.25, 0.3) is 0 Å². The minimum absolute atomic E-state index is 0.0338. The lowest BCUT2D eigenvalue weighted by Crippen LogP contribution is -2.20. The van der Waals surface area contributed by atoms with Gasteiger partial charge in [-0.25, -0.2) is 0 Å². The normalized spacial score (nSPS) is 16.8. The van der Waals surface area contributed by atoms with Gasteiger partial charge < -0.3 is 10.2 Å². The highest BCUT2D eigenvalue weighted by Crippen LogP contribution is 2.09. The maximum atomic E-state index is 9.29. The monoisotopic (exact) mass is 146 g/mol. The number of rotatable bonds is 5. The van der Waals surface area contributed by atoms with Gasteiger partial charge in [-0.05, 0) is 6.42 Å². The molecule has 0 aromatic heterocycles. The second-order valence-electron chi connectivity index (χ2n) is 2.87. The highest BCUT2D eigenvalue weighted by atomic mass is 16.3. The Morgan fingerprint density at radius 1 is 1.40 bits per heavy atom. The first-order valence-electron chi connectivity index (χ1n) is 4.01. The van der Waals surface area contributed by atoms with Crippen molar-refractivity contribution in [3.63, 3.8) is 0 Å². The van der Waals surface area contributed by atoms with E-state index >= 15 is 0 Å². The summed E-state index contributed by atoms with van der Waals surface area (Å²) in [5, 5.41) is 17.9. The van der Waals surface area contributed by atoms with Crippen molar-refractivity contribution in [3.05, 3.63) is 0 Å². The highest BCUT2D eigenvalue weighted by molar-refractivity contribution is 4.62. The minimum Gasteiger partial charge on any atom is -0.396 e. The molecule has 2 N–H and O–H groups in total. The van der Waals surface area contributed by atoms with Gasteiger partial charge >= 0.3 is 0 Å². The summed E-state index contributed by atoms with van der Waals surface area (Å²) in [4.78, 5) is 0. The van der Waals surface area contributed by atoms with Crippen LogP contribution in [0.4, 0.5) is 0 Å². The van der Waals surface area contributed by atoms with Crippen LogP contribution in [0.5, 0.6) is 0 Å². The third kappa shape index (κ3) is 3.85. The van der Waals surface area contributed by atoms with E-state index in [0.29, 0.717) is 0 Å². The molecule has 0 heterocycles. The summed E-state index contributed by atoms with van der Waals surface area (Å²) in [7, 11) is 0. The Balaban J connectivity index is 3.31. The molecule has 62 valence electrons. The Morgan fingerprint density at radius 3 is 2.40 bits per heavy atom. The summed E-state index contributed by atoms with van der Waals surface area (Å²) < 4.78 is 0. The van der Waals surface area contributed by atoms with E-state index in [1.807, 2.05) is 6.92 Å². The van der Waals surface area contributed by atoms with Crippen molar-refractivity contribution in [2.24, 2.45) is 5.92 Å². The predicted octanol–water partition coefficient (Wildman–Crippen LogP) is 1.17. The van der Waals surface area contributed by atoms with Gasteiger partial charge in [-0.2, -0.15) is 0 Å². The molecular formula is C8H18O2. The van der Waals surface area contributed by atoms with E-state index in [0.717, 1.165) is 19.3 Å². The zero-order valence-electron chi connectivity index (χ0n) is 6.88. The largest absolute Gasteiger partial charge is 0.396 e. The van der Waals surface area contributed by atoms with Gasteiger partial charge in [0.2, 0.25) is 0 Å². The van der Waals surface area contributed by atoms with Crippen LogP contribution in [0, 0.1) is 5.92 Å². The van der Waals surface area contributed by atoms with E-state index in [9.17, 15) is 5.11 Å². The van der Waals surface area contributed by atoms with Crippen LogP contribution in [0.3, 0.4) is 0 Å². The van der Waals surface area contributed by atoms with E-state index in [-0.39, 0.29) is 18.6 Å². The molecule has 0 rings (SSSR count). The predicted molar refractivity (Wildman–Crippen MR) is 41.8 cm³/mol. The average Bonchev–Trinajstić information content (AvgIpc) is 1.98. The summed E-state index contributed by atoms with van der Waals surface area (Å²) in [5.74, 6) is 0.0338. The van der Waals surface area contributed by atoms with Crippen LogP contribution in [0.1, 0.15) is 33.1 Å².